The summed E-state index contributed by atoms with van der Waals surface area (Å²) >= 11 is 0. The van der Waals surface area contributed by atoms with Crippen LogP contribution in [0.25, 0.3) is 0 Å². The van der Waals surface area contributed by atoms with Gasteiger partial charge in [-0.05, 0) is 60.7 Å². The number of carbonyl (C=O) groups excluding carboxylic acids is 1. The minimum absolute atomic E-state index is 0.0307. The molecule has 154 valence electrons. The van der Waals surface area contributed by atoms with Gasteiger partial charge in [0, 0.05) is 12.6 Å². The number of anilines is 1. The monoisotopic (exact) mass is 420 g/mol. The van der Waals surface area contributed by atoms with Crippen LogP contribution in [0.5, 0.6) is 0 Å². The van der Waals surface area contributed by atoms with E-state index in [1.807, 2.05) is 12.1 Å². The van der Waals surface area contributed by atoms with Crippen LogP contribution < -0.4 is 9.62 Å². The van der Waals surface area contributed by atoms with Gasteiger partial charge in [0.2, 0.25) is 0 Å². The summed E-state index contributed by atoms with van der Waals surface area (Å²) in [6.07, 6.45) is 2.95. The third kappa shape index (κ3) is 3.96. The van der Waals surface area contributed by atoms with E-state index in [1.165, 1.54) is 16.9 Å². The van der Waals surface area contributed by atoms with Gasteiger partial charge in [0.1, 0.15) is 0 Å². The molecule has 1 N–H and O–H groups in total. The Kier molecular flexibility index (Phi) is 5.59. The second kappa shape index (κ2) is 8.32. The molecule has 3 aromatic carbocycles. The van der Waals surface area contributed by atoms with Crippen LogP contribution in [0.2, 0.25) is 0 Å². The highest BCUT2D eigenvalue weighted by Gasteiger charge is 2.24. The molecule has 5 nitrogen and oxygen atoms in total. The quantitative estimate of drug-likeness (QED) is 0.669. The van der Waals surface area contributed by atoms with Gasteiger partial charge >= 0.3 is 0 Å². The fourth-order valence-corrected chi connectivity index (χ4v) is 5.09. The molecule has 4 rings (SSSR count). The van der Waals surface area contributed by atoms with Crippen LogP contribution in [-0.4, -0.2) is 21.4 Å². The molecule has 0 unspecified atom stereocenters. The zero-order valence-electron chi connectivity index (χ0n) is 16.8. The Morgan fingerprint density at radius 2 is 1.70 bits per heavy atom. The van der Waals surface area contributed by atoms with Gasteiger partial charge in [-0.1, -0.05) is 48.5 Å². The molecule has 0 heterocycles. The van der Waals surface area contributed by atoms with Crippen molar-refractivity contribution in [2.45, 2.75) is 30.2 Å². The Balaban J connectivity index is 1.56. The zero-order valence-corrected chi connectivity index (χ0v) is 17.6. The van der Waals surface area contributed by atoms with Gasteiger partial charge < -0.3 is 5.32 Å². The van der Waals surface area contributed by atoms with Crippen molar-refractivity contribution in [3.8, 4) is 0 Å². The molecule has 0 spiro atoms. The normalized spacial score (nSPS) is 15.8. The van der Waals surface area contributed by atoms with Crippen LogP contribution in [-0.2, 0) is 16.4 Å². The summed E-state index contributed by atoms with van der Waals surface area (Å²) in [7, 11) is -2.20. The van der Waals surface area contributed by atoms with E-state index in [4.69, 9.17) is 0 Å². The molecule has 1 aliphatic carbocycles. The second-order valence-corrected chi connectivity index (χ2v) is 9.42. The summed E-state index contributed by atoms with van der Waals surface area (Å²) in [6.45, 7) is 0. The molecule has 0 saturated heterocycles. The lowest BCUT2D eigenvalue weighted by Gasteiger charge is -2.26. The fourth-order valence-electron chi connectivity index (χ4n) is 3.88. The predicted octanol–water partition coefficient (Wildman–Crippen LogP) is 4.32. The Labute approximate surface area is 177 Å². The maximum Gasteiger partial charge on any atom is 0.264 e. The molecule has 0 radical (unpaired) electrons. The number of nitrogens with one attached hydrogen (secondary N) is 1. The first kappa shape index (κ1) is 20.2. The summed E-state index contributed by atoms with van der Waals surface area (Å²) in [5.41, 5.74) is 3.31. The smallest absolute Gasteiger partial charge is 0.264 e. The molecule has 0 saturated carbocycles. The number of carbonyl (C=O) groups is 1. The average molecular weight is 421 g/mol. The lowest BCUT2D eigenvalue weighted by Crippen LogP contribution is -2.31. The number of rotatable bonds is 5. The molecule has 1 amide bonds. The topological polar surface area (TPSA) is 66.5 Å². The van der Waals surface area contributed by atoms with E-state index in [-0.39, 0.29) is 16.8 Å². The van der Waals surface area contributed by atoms with Crippen LogP contribution in [0, 0.1) is 0 Å². The van der Waals surface area contributed by atoms with E-state index in [0.29, 0.717) is 11.3 Å². The fraction of sp³-hybridized carbons (Fsp3) is 0.208. The van der Waals surface area contributed by atoms with Gasteiger partial charge in [0.05, 0.1) is 16.6 Å². The largest absolute Gasteiger partial charge is 0.345 e. The number of hydrogen-bond donors (Lipinski definition) is 1. The summed E-state index contributed by atoms with van der Waals surface area (Å²) < 4.78 is 27.0. The molecule has 0 aliphatic heterocycles. The number of amides is 1. The van der Waals surface area contributed by atoms with Gasteiger partial charge in [-0.2, -0.15) is 0 Å². The number of benzene rings is 3. The van der Waals surface area contributed by atoms with Gasteiger partial charge in [-0.15, -0.1) is 0 Å². The summed E-state index contributed by atoms with van der Waals surface area (Å²) in [5.74, 6) is -0.205. The third-order valence-electron chi connectivity index (χ3n) is 5.55. The standard InChI is InChI=1S/C24H24N2O3S/c1-26(30(28,29)21-13-3-2-4-14-21)20-12-7-11-19(17-20)24(27)25-23-16-8-10-18-9-5-6-15-22(18)23/h2-7,9,11-15,17,23H,8,10,16H2,1H3,(H,25,27)/t23-/m1/s1. The SMILES string of the molecule is CN(c1cccc(C(=O)N[C@@H]2CCCc3ccccc32)c1)S(=O)(=O)c1ccccc1. The third-order valence-corrected chi connectivity index (χ3v) is 7.35. The van der Waals surface area contributed by atoms with Crippen molar-refractivity contribution in [3.63, 3.8) is 0 Å². The van der Waals surface area contributed by atoms with Crippen LogP contribution in [0.4, 0.5) is 5.69 Å². The van der Waals surface area contributed by atoms with Gasteiger partial charge in [-0.25, -0.2) is 8.42 Å². The lowest BCUT2D eigenvalue weighted by molar-refractivity contribution is 0.0932. The number of aryl methyl sites for hydroxylation is 1. The number of nitrogens with zero attached hydrogens (tertiary/aromatic N) is 1. The molecular weight excluding hydrogens is 396 g/mol. The molecule has 0 fully saturated rings. The molecule has 3 aromatic rings. The van der Waals surface area contributed by atoms with E-state index in [9.17, 15) is 13.2 Å². The molecule has 1 aliphatic rings. The molecule has 0 aromatic heterocycles. The Morgan fingerprint density at radius 3 is 2.50 bits per heavy atom. The number of hydrogen-bond acceptors (Lipinski definition) is 3. The van der Waals surface area contributed by atoms with E-state index >= 15 is 0 Å². The highest BCUT2D eigenvalue weighted by molar-refractivity contribution is 7.92. The first-order chi connectivity index (χ1) is 14.5. The highest BCUT2D eigenvalue weighted by atomic mass is 32.2. The molecule has 30 heavy (non-hydrogen) atoms. The maximum atomic E-state index is 12.9. The first-order valence-corrected chi connectivity index (χ1v) is 11.4. The summed E-state index contributed by atoms with van der Waals surface area (Å²) in [6, 6.07) is 23.1. The minimum Gasteiger partial charge on any atom is -0.345 e. The highest BCUT2D eigenvalue weighted by Crippen LogP contribution is 2.30. The lowest BCUT2D eigenvalue weighted by atomic mass is 9.87. The van der Waals surface area contributed by atoms with Crippen molar-refractivity contribution in [2.24, 2.45) is 0 Å². The van der Waals surface area contributed by atoms with Gasteiger partial charge in [0.25, 0.3) is 15.9 Å². The van der Waals surface area contributed by atoms with E-state index in [0.717, 1.165) is 24.8 Å². The molecule has 1 atom stereocenters. The van der Waals surface area contributed by atoms with Gasteiger partial charge in [-0.3, -0.25) is 9.10 Å². The Morgan fingerprint density at radius 1 is 0.967 bits per heavy atom. The van der Waals surface area contributed by atoms with E-state index < -0.39 is 10.0 Å². The van der Waals surface area contributed by atoms with E-state index in [2.05, 4.69) is 17.4 Å². The first-order valence-electron chi connectivity index (χ1n) is 9.99. The molecule has 0 bridgehead atoms. The van der Waals surface area contributed by atoms with Crippen molar-refractivity contribution in [1.82, 2.24) is 5.32 Å². The number of fused-ring (bicyclic) bond motifs is 1. The summed E-state index contributed by atoms with van der Waals surface area (Å²) in [5, 5.41) is 3.12. The second-order valence-electron chi connectivity index (χ2n) is 7.45. The Hall–Kier alpha value is -3.12. The Bertz CT molecular complexity index is 1160. The van der Waals surface area contributed by atoms with Crippen molar-refractivity contribution in [2.75, 3.05) is 11.4 Å². The predicted molar refractivity (Wildman–Crippen MR) is 118 cm³/mol. The van der Waals surface area contributed by atoms with Crippen LogP contribution in [0.15, 0.2) is 83.8 Å². The van der Waals surface area contributed by atoms with Crippen LogP contribution in [0.1, 0.15) is 40.4 Å². The van der Waals surface area contributed by atoms with Crippen molar-refractivity contribution < 1.29 is 13.2 Å². The zero-order chi connectivity index (χ0) is 21.1. The van der Waals surface area contributed by atoms with Gasteiger partial charge in [0.15, 0.2) is 0 Å². The maximum absolute atomic E-state index is 12.9. The number of sulfonamides is 1. The van der Waals surface area contributed by atoms with Crippen LogP contribution >= 0.6 is 0 Å². The van der Waals surface area contributed by atoms with E-state index in [1.54, 1.807) is 54.6 Å². The molecule has 6 heteroatoms. The minimum atomic E-state index is -3.70. The van der Waals surface area contributed by atoms with Crippen molar-refractivity contribution >= 4 is 21.6 Å². The van der Waals surface area contributed by atoms with Crippen molar-refractivity contribution in [3.05, 3.63) is 95.6 Å². The summed E-state index contributed by atoms with van der Waals surface area (Å²) in [4.78, 5) is 13.1. The molecular formula is C24H24N2O3S. The average Bonchev–Trinajstić information content (AvgIpc) is 2.79. The van der Waals surface area contributed by atoms with Crippen molar-refractivity contribution in [1.29, 1.82) is 0 Å². The van der Waals surface area contributed by atoms with Crippen LogP contribution in [0.3, 0.4) is 0 Å².